The first-order valence-electron chi connectivity index (χ1n) is 7.42. The van der Waals surface area contributed by atoms with Crippen molar-refractivity contribution in [1.82, 2.24) is 4.98 Å². The third-order valence-electron chi connectivity index (χ3n) is 3.36. The van der Waals surface area contributed by atoms with Crippen molar-refractivity contribution in [3.05, 3.63) is 88.9 Å². The maximum Gasteiger partial charge on any atom is 0.252 e. The minimum atomic E-state index is -0.162. The molecule has 0 unspecified atom stereocenters. The molecule has 0 saturated carbocycles. The van der Waals surface area contributed by atoms with Crippen LogP contribution in [-0.4, -0.2) is 10.9 Å². The summed E-state index contributed by atoms with van der Waals surface area (Å²) in [4.78, 5) is 18.6. The molecule has 0 N–H and O–H groups in total. The second kappa shape index (κ2) is 7.75. The molecule has 5 heteroatoms. The van der Waals surface area contributed by atoms with Crippen LogP contribution in [0.4, 0.5) is 5.82 Å². The van der Waals surface area contributed by atoms with E-state index in [1.807, 2.05) is 48.5 Å². The smallest absolute Gasteiger partial charge is 0.252 e. The topological polar surface area (TPSA) is 46.3 Å². The van der Waals surface area contributed by atoms with Gasteiger partial charge in [-0.25, -0.2) is 4.98 Å². The molecular weight excluding hydrogens is 368 g/mol. The molecule has 3 aromatic rings. The van der Waals surface area contributed by atoms with Crippen LogP contribution in [0, 0.1) is 0 Å². The summed E-state index contributed by atoms with van der Waals surface area (Å²) >= 11 is 3.24. The van der Waals surface area contributed by atoms with Gasteiger partial charge in [0.1, 0.15) is 11.6 Å². The maximum atomic E-state index is 12.7. The third kappa shape index (κ3) is 4.20. The van der Waals surface area contributed by atoms with Crippen molar-refractivity contribution < 1.29 is 9.21 Å². The summed E-state index contributed by atoms with van der Waals surface area (Å²) < 4.78 is 6.01. The van der Waals surface area contributed by atoms with E-state index in [1.54, 1.807) is 29.3 Å². The average molecular weight is 383 g/mol. The largest absolute Gasteiger partial charge is 0.450 e. The summed E-state index contributed by atoms with van der Waals surface area (Å²) in [6.45, 7) is 0.447. The fourth-order valence-corrected chi connectivity index (χ4v) is 2.53. The molecule has 0 atom stereocenters. The predicted octanol–water partition coefficient (Wildman–Crippen LogP) is 4.68. The number of amides is 1. The van der Waals surface area contributed by atoms with Gasteiger partial charge in [0.15, 0.2) is 4.67 Å². The Morgan fingerprint density at radius 2 is 1.88 bits per heavy atom. The molecule has 0 aliphatic rings. The van der Waals surface area contributed by atoms with Crippen LogP contribution in [0.1, 0.15) is 11.3 Å². The Morgan fingerprint density at radius 1 is 1.08 bits per heavy atom. The minimum absolute atomic E-state index is 0.162. The number of carbonyl (C=O) groups excluding carboxylic acids is 1. The van der Waals surface area contributed by atoms with Crippen LogP contribution in [0.5, 0.6) is 0 Å². The number of hydrogen-bond acceptors (Lipinski definition) is 3. The maximum absolute atomic E-state index is 12.7. The molecular formula is C19H15BrN2O2. The van der Waals surface area contributed by atoms with Crippen LogP contribution in [0.15, 0.2) is 82.0 Å². The number of benzene rings is 1. The second-order valence-electron chi connectivity index (χ2n) is 5.07. The molecule has 0 bridgehead atoms. The molecule has 3 rings (SSSR count). The zero-order valence-corrected chi connectivity index (χ0v) is 14.4. The van der Waals surface area contributed by atoms with Gasteiger partial charge in [0.2, 0.25) is 0 Å². The molecule has 0 radical (unpaired) electrons. The van der Waals surface area contributed by atoms with E-state index in [0.717, 1.165) is 5.56 Å². The number of nitrogens with zero attached hydrogens (tertiary/aromatic N) is 2. The lowest BCUT2D eigenvalue weighted by Crippen LogP contribution is -2.29. The van der Waals surface area contributed by atoms with Gasteiger partial charge in [-0.3, -0.25) is 9.69 Å². The standard InChI is InChI=1S/C19H15BrN2O2/c20-17-11-9-16(24-17)10-12-19(23)22(18-8-4-5-13-21-18)14-15-6-2-1-3-7-15/h1-13H,14H2. The molecule has 24 heavy (non-hydrogen) atoms. The van der Waals surface area contributed by atoms with Gasteiger partial charge in [-0.05, 0) is 51.8 Å². The quantitative estimate of drug-likeness (QED) is 0.601. The van der Waals surface area contributed by atoms with Gasteiger partial charge in [-0.15, -0.1) is 0 Å². The number of rotatable bonds is 5. The highest BCUT2D eigenvalue weighted by Gasteiger charge is 2.15. The highest BCUT2D eigenvalue weighted by molar-refractivity contribution is 9.10. The van der Waals surface area contributed by atoms with E-state index in [9.17, 15) is 4.79 Å². The molecule has 2 heterocycles. The van der Waals surface area contributed by atoms with Crippen LogP contribution in [-0.2, 0) is 11.3 Å². The SMILES string of the molecule is O=C(C=Cc1ccc(Br)o1)N(Cc1ccccc1)c1ccccn1. The van der Waals surface area contributed by atoms with Crippen molar-refractivity contribution in [2.75, 3.05) is 4.90 Å². The lowest BCUT2D eigenvalue weighted by molar-refractivity contribution is -0.114. The molecule has 1 amide bonds. The van der Waals surface area contributed by atoms with Crippen molar-refractivity contribution in [2.24, 2.45) is 0 Å². The first-order chi connectivity index (χ1) is 11.7. The van der Waals surface area contributed by atoms with E-state index in [-0.39, 0.29) is 5.91 Å². The van der Waals surface area contributed by atoms with Gasteiger partial charge in [0.05, 0.1) is 6.54 Å². The Morgan fingerprint density at radius 3 is 2.54 bits per heavy atom. The van der Waals surface area contributed by atoms with Crippen molar-refractivity contribution >= 4 is 33.7 Å². The van der Waals surface area contributed by atoms with E-state index in [0.29, 0.717) is 22.8 Å². The van der Waals surface area contributed by atoms with Gasteiger partial charge >= 0.3 is 0 Å². The number of anilines is 1. The molecule has 0 spiro atoms. The van der Waals surface area contributed by atoms with E-state index < -0.39 is 0 Å². The van der Waals surface area contributed by atoms with Crippen molar-refractivity contribution in [3.8, 4) is 0 Å². The zero-order chi connectivity index (χ0) is 16.8. The first kappa shape index (κ1) is 16.2. The van der Waals surface area contributed by atoms with Gasteiger partial charge in [0.25, 0.3) is 5.91 Å². The fourth-order valence-electron chi connectivity index (χ4n) is 2.21. The van der Waals surface area contributed by atoms with Crippen molar-refractivity contribution in [3.63, 3.8) is 0 Å². The fraction of sp³-hybridized carbons (Fsp3) is 0.0526. The van der Waals surface area contributed by atoms with E-state index in [4.69, 9.17) is 4.42 Å². The second-order valence-corrected chi connectivity index (χ2v) is 5.85. The third-order valence-corrected chi connectivity index (χ3v) is 3.79. The summed E-state index contributed by atoms with van der Waals surface area (Å²) in [5.74, 6) is 1.05. The lowest BCUT2D eigenvalue weighted by Gasteiger charge is -2.20. The Hall–Kier alpha value is -2.66. The van der Waals surface area contributed by atoms with Gasteiger partial charge < -0.3 is 4.42 Å². The average Bonchev–Trinajstić information content (AvgIpc) is 3.04. The number of carbonyl (C=O) groups is 1. The Bertz CT molecular complexity index is 829. The zero-order valence-electron chi connectivity index (χ0n) is 12.8. The summed E-state index contributed by atoms with van der Waals surface area (Å²) in [6.07, 6.45) is 4.81. The first-order valence-corrected chi connectivity index (χ1v) is 8.21. The van der Waals surface area contributed by atoms with E-state index >= 15 is 0 Å². The number of hydrogen-bond donors (Lipinski definition) is 0. The minimum Gasteiger partial charge on any atom is -0.450 e. The normalized spacial score (nSPS) is 10.9. The number of furan rings is 1. The van der Waals surface area contributed by atoms with Gasteiger partial charge in [-0.1, -0.05) is 36.4 Å². The molecule has 0 aliphatic heterocycles. The van der Waals surface area contributed by atoms with Gasteiger partial charge in [-0.2, -0.15) is 0 Å². The van der Waals surface area contributed by atoms with Crippen LogP contribution in [0.2, 0.25) is 0 Å². The molecule has 4 nitrogen and oxygen atoms in total. The highest BCUT2D eigenvalue weighted by Crippen LogP contribution is 2.17. The summed E-state index contributed by atoms with van der Waals surface area (Å²) in [7, 11) is 0. The van der Waals surface area contributed by atoms with Crippen LogP contribution in [0.25, 0.3) is 6.08 Å². The van der Waals surface area contributed by atoms with Crippen molar-refractivity contribution in [2.45, 2.75) is 6.54 Å². The Balaban J connectivity index is 1.83. The summed E-state index contributed by atoms with van der Waals surface area (Å²) in [6, 6.07) is 18.9. The van der Waals surface area contributed by atoms with Crippen LogP contribution < -0.4 is 4.90 Å². The molecule has 0 saturated heterocycles. The number of pyridine rings is 1. The summed E-state index contributed by atoms with van der Waals surface area (Å²) in [5, 5.41) is 0. The Labute approximate surface area is 148 Å². The van der Waals surface area contributed by atoms with Crippen LogP contribution in [0.3, 0.4) is 0 Å². The number of aromatic nitrogens is 1. The lowest BCUT2D eigenvalue weighted by atomic mass is 10.2. The van der Waals surface area contributed by atoms with Crippen LogP contribution >= 0.6 is 15.9 Å². The van der Waals surface area contributed by atoms with E-state index in [2.05, 4.69) is 20.9 Å². The highest BCUT2D eigenvalue weighted by atomic mass is 79.9. The monoisotopic (exact) mass is 382 g/mol. The number of halogens is 1. The summed E-state index contributed by atoms with van der Waals surface area (Å²) in [5.41, 5.74) is 1.03. The molecule has 2 aromatic heterocycles. The molecule has 0 aliphatic carbocycles. The van der Waals surface area contributed by atoms with Gasteiger partial charge in [0, 0.05) is 12.3 Å². The Kier molecular flexibility index (Phi) is 5.23. The van der Waals surface area contributed by atoms with Crippen molar-refractivity contribution in [1.29, 1.82) is 0 Å². The van der Waals surface area contributed by atoms with E-state index in [1.165, 1.54) is 6.08 Å². The molecule has 0 fully saturated rings. The predicted molar refractivity (Wildman–Crippen MR) is 97.3 cm³/mol. The molecule has 1 aromatic carbocycles. The molecule has 120 valence electrons.